The molecule has 8 nitrogen and oxygen atoms in total. The maximum Gasteiger partial charge on any atom is 0.227 e. The van der Waals surface area contributed by atoms with Gasteiger partial charge in [-0.1, -0.05) is 18.2 Å². The minimum absolute atomic E-state index is 0.483. The number of anilines is 2. The molecular weight excluding hydrogens is 438 g/mol. The molecule has 0 fully saturated rings. The highest BCUT2D eigenvalue weighted by molar-refractivity contribution is 5.81. The lowest BCUT2D eigenvalue weighted by atomic mass is 9.93. The molecule has 3 N–H and O–H groups in total. The van der Waals surface area contributed by atoms with Crippen molar-refractivity contribution in [2.75, 3.05) is 39.1 Å². The van der Waals surface area contributed by atoms with Gasteiger partial charge in [0.25, 0.3) is 0 Å². The van der Waals surface area contributed by atoms with Crippen molar-refractivity contribution in [2.24, 2.45) is 5.73 Å². The van der Waals surface area contributed by atoms with E-state index in [0.717, 1.165) is 60.7 Å². The molecule has 2 aliphatic heterocycles. The van der Waals surface area contributed by atoms with E-state index in [1.165, 1.54) is 29.7 Å². The van der Waals surface area contributed by atoms with E-state index in [1.54, 1.807) is 13.3 Å². The molecular formula is C27H33N7O. The highest BCUT2D eigenvalue weighted by Gasteiger charge is 2.19. The van der Waals surface area contributed by atoms with Gasteiger partial charge < -0.3 is 20.7 Å². The van der Waals surface area contributed by atoms with E-state index in [9.17, 15) is 0 Å². The van der Waals surface area contributed by atoms with Gasteiger partial charge in [-0.15, -0.1) is 0 Å². The Labute approximate surface area is 206 Å². The van der Waals surface area contributed by atoms with Gasteiger partial charge in [-0.3, -0.25) is 4.68 Å². The molecule has 35 heavy (non-hydrogen) atoms. The van der Waals surface area contributed by atoms with Crippen molar-refractivity contribution in [1.29, 1.82) is 0 Å². The van der Waals surface area contributed by atoms with E-state index < -0.39 is 0 Å². The number of hydrogen-bond donors (Lipinski definition) is 2. The van der Waals surface area contributed by atoms with E-state index in [2.05, 4.69) is 56.3 Å². The summed E-state index contributed by atoms with van der Waals surface area (Å²) in [5.41, 5.74) is 13.4. The molecule has 8 heteroatoms. The molecule has 0 saturated carbocycles. The van der Waals surface area contributed by atoms with Crippen LogP contribution in [0.1, 0.15) is 36.1 Å². The second-order valence-corrected chi connectivity index (χ2v) is 9.10. The number of nitrogens with one attached hydrogen (secondary N) is 1. The molecule has 2 aliphatic rings. The van der Waals surface area contributed by atoms with Gasteiger partial charge in [0.05, 0.1) is 24.7 Å². The summed E-state index contributed by atoms with van der Waals surface area (Å²) >= 11 is 0. The van der Waals surface area contributed by atoms with Crippen molar-refractivity contribution < 1.29 is 4.74 Å². The second-order valence-electron chi connectivity index (χ2n) is 9.10. The lowest BCUT2D eigenvalue weighted by molar-refractivity contribution is 0.370. The van der Waals surface area contributed by atoms with Crippen molar-refractivity contribution >= 4 is 23.3 Å². The number of rotatable bonds is 7. The lowest BCUT2D eigenvalue weighted by Crippen LogP contribution is -2.23. The first-order valence-electron chi connectivity index (χ1n) is 12.3. The Balaban J connectivity index is 1.49. The van der Waals surface area contributed by atoms with E-state index >= 15 is 0 Å². The summed E-state index contributed by atoms with van der Waals surface area (Å²) < 4.78 is 7.89. The van der Waals surface area contributed by atoms with Gasteiger partial charge in [-0.25, -0.2) is 9.97 Å². The summed E-state index contributed by atoms with van der Waals surface area (Å²) in [7, 11) is 3.84. The summed E-state index contributed by atoms with van der Waals surface area (Å²) in [6.45, 7) is 3.43. The van der Waals surface area contributed by atoms with Gasteiger partial charge in [0.2, 0.25) is 5.95 Å². The average molecular weight is 472 g/mol. The fraction of sp³-hybridized carbons (Fsp3) is 0.370. The first-order chi connectivity index (χ1) is 17.2. The fourth-order valence-corrected chi connectivity index (χ4v) is 4.81. The summed E-state index contributed by atoms with van der Waals surface area (Å²) in [6, 6.07) is 6.14. The average Bonchev–Trinajstić information content (AvgIpc) is 3.32. The van der Waals surface area contributed by atoms with E-state index in [-0.39, 0.29) is 0 Å². The predicted molar refractivity (Wildman–Crippen MR) is 141 cm³/mol. The number of fused-ring (bicyclic) bond motifs is 1. The Bertz CT molecular complexity index is 1260. The van der Waals surface area contributed by atoms with Crippen LogP contribution in [0.3, 0.4) is 0 Å². The summed E-state index contributed by atoms with van der Waals surface area (Å²) in [5, 5.41) is 7.96. The molecule has 0 bridgehead atoms. The summed E-state index contributed by atoms with van der Waals surface area (Å²) in [4.78, 5) is 11.6. The highest BCUT2D eigenvalue weighted by atomic mass is 16.5. The molecule has 2 aromatic heterocycles. The Morgan fingerprint density at radius 2 is 2.09 bits per heavy atom. The fourth-order valence-electron chi connectivity index (χ4n) is 4.81. The van der Waals surface area contributed by atoms with E-state index in [4.69, 9.17) is 15.5 Å². The molecule has 1 aromatic carbocycles. The van der Waals surface area contributed by atoms with Crippen molar-refractivity contribution in [3.63, 3.8) is 0 Å². The van der Waals surface area contributed by atoms with Crippen LogP contribution in [-0.4, -0.2) is 58.4 Å². The van der Waals surface area contributed by atoms with Crippen LogP contribution >= 0.6 is 0 Å². The Kier molecular flexibility index (Phi) is 6.92. The number of nitrogens with two attached hydrogens (primary N) is 1. The van der Waals surface area contributed by atoms with Crippen LogP contribution in [0.25, 0.3) is 22.9 Å². The molecule has 0 amide bonds. The van der Waals surface area contributed by atoms with E-state index in [1.807, 2.05) is 18.3 Å². The van der Waals surface area contributed by atoms with Crippen LogP contribution in [-0.2, 0) is 13.0 Å². The number of nitrogens with zero attached hydrogens (tertiary/aromatic N) is 5. The highest BCUT2D eigenvalue weighted by Crippen LogP contribution is 2.36. The van der Waals surface area contributed by atoms with Gasteiger partial charge in [-0.05, 0) is 67.6 Å². The van der Waals surface area contributed by atoms with Crippen molar-refractivity contribution in [3.8, 4) is 17.0 Å². The largest absolute Gasteiger partial charge is 0.495 e. The molecule has 0 aliphatic carbocycles. The third kappa shape index (κ3) is 4.99. The van der Waals surface area contributed by atoms with Gasteiger partial charge in [0.1, 0.15) is 5.75 Å². The van der Waals surface area contributed by atoms with Gasteiger partial charge in [0, 0.05) is 43.6 Å². The van der Waals surface area contributed by atoms with Crippen LogP contribution in [0, 0.1) is 0 Å². The Morgan fingerprint density at radius 1 is 1.17 bits per heavy atom. The molecule has 0 unspecified atom stereocenters. The molecule has 0 atom stereocenters. The Morgan fingerprint density at radius 3 is 2.89 bits per heavy atom. The molecule has 5 rings (SSSR count). The molecule has 0 radical (unpaired) electrons. The number of hydrogen-bond acceptors (Lipinski definition) is 7. The third-order valence-electron chi connectivity index (χ3n) is 6.72. The molecule has 4 heterocycles. The first-order valence-corrected chi connectivity index (χ1v) is 12.3. The number of aryl methyl sites for hydroxylation is 1. The number of likely N-dealkylation sites (N-methyl/N-ethyl adjacent to an activating group) is 1. The molecule has 182 valence electrons. The minimum atomic E-state index is 0.483. The minimum Gasteiger partial charge on any atom is -0.495 e. The zero-order valence-electron chi connectivity index (χ0n) is 20.5. The predicted octanol–water partition coefficient (Wildman–Crippen LogP) is 4.12. The topological polar surface area (TPSA) is 94.1 Å². The van der Waals surface area contributed by atoms with Crippen LogP contribution in [0.15, 0.2) is 42.7 Å². The number of benzene rings is 1. The zero-order valence-corrected chi connectivity index (χ0v) is 20.5. The van der Waals surface area contributed by atoms with Crippen LogP contribution < -0.4 is 15.8 Å². The van der Waals surface area contributed by atoms with Crippen molar-refractivity contribution in [1.82, 2.24) is 24.6 Å². The monoisotopic (exact) mass is 471 g/mol. The van der Waals surface area contributed by atoms with Crippen LogP contribution in [0.5, 0.6) is 5.75 Å². The van der Waals surface area contributed by atoms with E-state index in [0.29, 0.717) is 12.5 Å². The quantitative estimate of drug-likeness (QED) is 0.535. The maximum atomic E-state index is 5.79. The molecule has 0 spiro atoms. The maximum absolute atomic E-state index is 5.79. The van der Waals surface area contributed by atoms with Gasteiger partial charge in [-0.2, -0.15) is 5.10 Å². The van der Waals surface area contributed by atoms with Crippen LogP contribution in [0.2, 0.25) is 0 Å². The summed E-state index contributed by atoms with van der Waals surface area (Å²) in [5.74, 6) is 1.28. The van der Waals surface area contributed by atoms with Crippen molar-refractivity contribution in [2.45, 2.75) is 32.2 Å². The SMILES string of the molecule is COc1cc(C2=CCN(C)CC2)c(C=CCN)cc1Nc1nccc(-c2cnn3c2CCCC3)n1. The normalized spacial score (nSPS) is 16.3. The standard InChI is InChI=1S/C27H33N7O/c1-33-14-9-19(10-15-33)21-17-26(35-2)24(16-20(21)6-5-11-28)32-27-29-12-8-23(31-27)22-18-30-34-13-4-3-7-25(22)34/h5-6,8-9,12,16-18H,3-4,7,10-11,13-15,28H2,1-2H3,(H,29,31,32). The first kappa shape index (κ1) is 23.3. The number of aromatic nitrogens is 4. The molecule has 3 aromatic rings. The van der Waals surface area contributed by atoms with Crippen molar-refractivity contribution in [3.05, 3.63) is 59.6 Å². The number of methoxy groups -OCH3 is 1. The summed E-state index contributed by atoms with van der Waals surface area (Å²) in [6.07, 6.45) is 14.4. The Hall–Kier alpha value is -3.49. The third-order valence-corrected chi connectivity index (χ3v) is 6.72. The smallest absolute Gasteiger partial charge is 0.227 e. The lowest BCUT2D eigenvalue weighted by Gasteiger charge is -2.24. The zero-order chi connectivity index (χ0) is 24.2. The molecule has 0 saturated heterocycles. The van der Waals surface area contributed by atoms with Gasteiger partial charge >= 0.3 is 0 Å². The van der Waals surface area contributed by atoms with Gasteiger partial charge in [0.15, 0.2) is 0 Å². The van der Waals surface area contributed by atoms with Crippen LogP contribution in [0.4, 0.5) is 11.6 Å². The number of ether oxygens (including phenoxy) is 1. The second kappa shape index (κ2) is 10.4.